The van der Waals surface area contributed by atoms with E-state index in [1.165, 1.54) is 11.8 Å². The minimum absolute atomic E-state index is 0.0999. The molecule has 1 aliphatic heterocycles. The van der Waals surface area contributed by atoms with Gasteiger partial charge in [-0.25, -0.2) is 0 Å². The molecule has 1 heterocycles. The average molecular weight is 420 g/mol. The molecule has 122 valence electrons. The van der Waals surface area contributed by atoms with Crippen molar-refractivity contribution in [1.29, 1.82) is 0 Å². The Morgan fingerprint density at radius 1 is 1.17 bits per heavy atom. The van der Waals surface area contributed by atoms with Crippen molar-refractivity contribution < 1.29 is 9.53 Å². The Bertz CT molecular complexity index is 801. The lowest BCUT2D eigenvalue weighted by atomic mass is 10.2. The molecule has 3 rings (SSSR count). The Morgan fingerprint density at radius 3 is 2.46 bits per heavy atom. The summed E-state index contributed by atoms with van der Waals surface area (Å²) in [6.07, 6.45) is 1.86. The van der Waals surface area contributed by atoms with Crippen molar-refractivity contribution in [2.45, 2.75) is 6.92 Å². The number of ether oxygens (including phenoxy) is 1. The van der Waals surface area contributed by atoms with Gasteiger partial charge in [0.1, 0.15) is 5.75 Å². The summed E-state index contributed by atoms with van der Waals surface area (Å²) >= 11 is 10.1. The van der Waals surface area contributed by atoms with E-state index in [0.717, 1.165) is 21.5 Å². The SMILES string of the molecule is CCOc1ccc(N2C(=O)/C(=C\c3ccc(Br)cc3)SC2=S)cc1. The fraction of sp³-hybridized carbons (Fsp3) is 0.111. The summed E-state index contributed by atoms with van der Waals surface area (Å²) in [6, 6.07) is 15.2. The lowest BCUT2D eigenvalue weighted by molar-refractivity contribution is -0.113. The molecule has 6 heteroatoms. The number of nitrogens with zero attached hydrogens (tertiary/aromatic N) is 1. The van der Waals surface area contributed by atoms with Crippen molar-refractivity contribution in [3.63, 3.8) is 0 Å². The highest BCUT2D eigenvalue weighted by molar-refractivity contribution is 9.10. The highest BCUT2D eigenvalue weighted by atomic mass is 79.9. The first-order valence-electron chi connectivity index (χ1n) is 7.35. The molecule has 0 spiro atoms. The van der Waals surface area contributed by atoms with Gasteiger partial charge in [0.25, 0.3) is 5.91 Å². The van der Waals surface area contributed by atoms with E-state index >= 15 is 0 Å². The van der Waals surface area contributed by atoms with Gasteiger partial charge in [0.05, 0.1) is 17.2 Å². The predicted molar refractivity (Wildman–Crippen MR) is 107 cm³/mol. The van der Waals surface area contributed by atoms with Gasteiger partial charge in [-0.1, -0.05) is 52.0 Å². The molecule has 0 N–H and O–H groups in total. The number of rotatable bonds is 4. The molecule has 0 atom stereocenters. The molecular formula is C18H14BrNO2S2. The summed E-state index contributed by atoms with van der Waals surface area (Å²) in [5, 5.41) is 0. The quantitative estimate of drug-likeness (QED) is 0.499. The molecule has 0 radical (unpaired) electrons. The second-order valence-electron chi connectivity index (χ2n) is 5.00. The zero-order valence-electron chi connectivity index (χ0n) is 12.9. The van der Waals surface area contributed by atoms with Gasteiger partial charge in [-0.3, -0.25) is 9.69 Å². The number of benzene rings is 2. The van der Waals surface area contributed by atoms with Crippen molar-refractivity contribution in [3.05, 3.63) is 63.5 Å². The van der Waals surface area contributed by atoms with Crippen LogP contribution in [0.3, 0.4) is 0 Å². The van der Waals surface area contributed by atoms with Gasteiger partial charge < -0.3 is 4.74 Å². The van der Waals surface area contributed by atoms with Crippen LogP contribution in [0.15, 0.2) is 57.9 Å². The van der Waals surface area contributed by atoms with Crippen LogP contribution < -0.4 is 9.64 Å². The van der Waals surface area contributed by atoms with Crippen molar-refractivity contribution in [2.75, 3.05) is 11.5 Å². The van der Waals surface area contributed by atoms with Crippen LogP contribution in [0.1, 0.15) is 12.5 Å². The number of carbonyl (C=O) groups excluding carboxylic acids is 1. The summed E-state index contributed by atoms with van der Waals surface area (Å²) in [5.41, 5.74) is 1.71. The van der Waals surface area contributed by atoms with Crippen LogP contribution in [0.2, 0.25) is 0 Å². The Hall–Kier alpha value is -1.63. The maximum Gasteiger partial charge on any atom is 0.270 e. The number of hydrogen-bond acceptors (Lipinski definition) is 4. The third-order valence-electron chi connectivity index (χ3n) is 3.37. The number of thiocarbonyl (C=S) groups is 1. The van der Waals surface area contributed by atoms with E-state index < -0.39 is 0 Å². The standard InChI is InChI=1S/C18H14BrNO2S2/c1-2-22-15-9-7-14(8-10-15)20-17(21)16(24-18(20)23)11-12-3-5-13(19)6-4-12/h3-11H,2H2,1H3/b16-11+. The summed E-state index contributed by atoms with van der Waals surface area (Å²) in [7, 11) is 0. The fourth-order valence-corrected chi connectivity index (χ4v) is 3.82. The van der Waals surface area contributed by atoms with E-state index in [4.69, 9.17) is 17.0 Å². The number of halogens is 1. The second-order valence-corrected chi connectivity index (χ2v) is 7.59. The molecule has 1 fully saturated rings. The van der Waals surface area contributed by atoms with Crippen LogP contribution in [-0.2, 0) is 4.79 Å². The molecule has 0 aliphatic carbocycles. The van der Waals surface area contributed by atoms with Gasteiger partial charge in [-0.15, -0.1) is 0 Å². The van der Waals surface area contributed by atoms with Gasteiger partial charge >= 0.3 is 0 Å². The van der Waals surface area contributed by atoms with Crippen LogP contribution >= 0.6 is 39.9 Å². The molecule has 3 nitrogen and oxygen atoms in total. The zero-order valence-corrected chi connectivity index (χ0v) is 16.1. The smallest absolute Gasteiger partial charge is 0.270 e. The number of thioether (sulfide) groups is 1. The largest absolute Gasteiger partial charge is 0.494 e. The molecule has 24 heavy (non-hydrogen) atoms. The molecule has 0 saturated carbocycles. The fourth-order valence-electron chi connectivity index (χ4n) is 2.26. The minimum atomic E-state index is -0.0999. The lowest BCUT2D eigenvalue weighted by Gasteiger charge is -2.15. The van der Waals surface area contributed by atoms with Crippen LogP contribution in [0, 0.1) is 0 Å². The summed E-state index contributed by atoms with van der Waals surface area (Å²) in [5.74, 6) is 0.675. The molecule has 0 bridgehead atoms. The van der Waals surface area contributed by atoms with Gasteiger partial charge in [-0.2, -0.15) is 0 Å². The monoisotopic (exact) mass is 419 g/mol. The second kappa shape index (κ2) is 7.51. The Kier molecular flexibility index (Phi) is 5.38. The zero-order chi connectivity index (χ0) is 17.1. The number of amides is 1. The topological polar surface area (TPSA) is 29.5 Å². The van der Waals surface area contributed by atoms with Gasteiger partial charge in [0.2, 0.25) is 0 Å². The molecule has 1 amide bonds. The highest BCUT2D eigenvalue weighted by Crippen LogP contribution is 2.36. The van der Waals surface area contributed by atoms with Crippen molar-refractivity contribution in [1.82, 2.24) is 0 Å². The average Bonchev–Trinajstić information content (AvgIpc) is 2.85. The van der Waals surface area contributed by atoms with E-state index in [2.05, 4.69) is 15.9 Å². The Morgan fingerprint density at radius 2 is 1.83 bits per heavy atom. The highest BCUT2D eigenvalue weighted by Gasteiger charge is 2.33. The lowest BCUT2D eigenvalue weighted by Crippen LogP contribution is -2.27. The summed E-state index contributed by atoms with van der Waals surface area (Å²) < 4.78 is 6.97. The van der Waals surface area contributed by atoms with Crippen LogP contribution in [0.25, 0.3) is 6.08 Å². The number of anilines is 1. The maximum absolute atomic E-state index is 12.7. The normalized spacial score (nSPS) is 16.1. The van der Waals surface area contributed by atoms with Crippen molar-refractivity contribution in [3.8, 4) is 5.75 Å². The van der Waals surface area contributed by atoms with E-state index in [-0.39, 0.29) is 5.91 Å². The third kappa shape index (κ3) is 3.71. The molecular weight excluding hydrogens is 406 g/mol. The predicted octanol–water partition coefficient (Wildman–Crippen LogP) is 5.25. The number of hydrogen-bond donors (Lipinski definition) is 0. The van der Waals surface area contributed by atoms with E-state index in [0.29, 0.717) is 15.8 Å². The first-order chi connectivity index (χ1) is 11.6. The Labute approximate surface area is 158 Å². The summed E-state index contributed by atoms with van der Waals surface area (Å²) in [6.45, 7) is 2.54. The van der Waals surface area contributed by atoms with E-state index in [1.807, 2.05) is 61.5 Å². The minimum Gasteiger partial charge on any atom is -0.494 e. The molecule has 1 aliphatic rings. The van der Waals surface area contributed by atoms with E-state index in [1.54, 1.807) is 4.90 Å². The van der Waals surface area contributed by atoms with Crippen LogP contribution in [-0.4, -0.2) is 16.8 Å². The van der Waals surface area contributed by atoms with Crippen molar-refractivity contribution in [2.24, 2.45) is 0 Å². The first-order valence-corrected chi connectivity index (χ1v) is 9.36. The first kappa shape index (κ1) is 17.2. The van der Waals surface area contributed by atoms with Gasteiger partial charge in [-0.05, 0) is 55.0 Å². The molecule has 2 aromatic rings. The summed E-state index contributed by atoms with van der Waals surface area (Å²) in [4.78, 5) is 14.9. The third-order valence-corrected chi connectivity index (χ3v) is 5.20. The Balaban J connectivity index is 1.84. The molecule has 1 saturated heterocycles. The van der Waals surface area contributed by atoms with Crippen LogP contribution in [0.4, 0.5) is 5.69 Å². The number of carbonyl (C=O) groups is 1. The molecule has 0 aromatic heterocycles. The van der Waals surface area contributed by atoms with Crippen molar-refractivity contribution >= 4 is 61.9 Å². The van der Waals surface area contributed by atoms with Gasteiger partial charge in [0.15, 0.2) is 4.32 Å². The molecule has 0 unspecified atom stereocenters. The van der Waals surface area contributed by atoms with Gasteiger partial charge in [0, 0.05) is 4.47 Å². The van der Waals surface area contributed by atoms with Crippen LogP contribution in [0.5, 0.6) is 5.75 Å². The van der Waals surface area contributed by atoms with E-state index in [9.17, 15) is 4.79 Å². The molecule has 2 aromatic carbocycles. The maximum atomic E-state index is 12.7.